The highest BCUT2D eigenvalue weighted by molar-refractivity contribution is 6.01. The van der Waals surface area contributed by atoms with Gasteiger partial charge in [0, 0.05) is 19.6 Å². The molecule has 226 valence electrons. The smallest absolute Gasteiger partial charge is 0.308 e. The molecule has 5 rings (SSSR count). The molecule has 2 aliphatic rings. The Hall–Kier alpha value is -3.97. The second kappa shape index (κ2) is 15.0. The molecule has 1 N–H and O–H groups in total. The minimum Gasteiger partial charge on any atom is -0.461 e. The van der Waals surface area contributed by atoms with Crippen molar-refractivity contribution >= 4 is 17.8 Å². The van der Waals surface area contributed by atoms with Gasteiger partial charge in [-0.1, -0.05) is 104 Å². The average Bonchev–Trinajstić information content (AvgIpc) is 3.05. The third-order valence-electron chi connectivity index (χ3n) is 8.82. The number of piperidine rings is 1. The zero-order chi connectivity index (χ0) is 29.9. The van der Waals surface area contributed by atoms with Crippen molar-refractivity contribution in [3.63, 3.8) is 0 Å². The lowest BCUT2D eigenvalue weighted by atomic mass is 9.81. The summed E-state index contributed by atoms with van der Waals surface area (Å²) >= 11 is 0. The third kappa shape index (κ3) is 8.11. The van der Waals surface area contributed by atoms with Gasteiger partial charge < -0.3 is 19.9 Å². The van der Waals surface area contributed by atoms with Crippen LogP contribution in [0.25, 0.3) is 0 Å². The molecule has 3 aromatic rings. The van der Waals surface area contributed by atoms with Gasteiger partial charge in [-0.15, -0.1) is 0 Å². The molecule has 2 heterocycles. The lowest BCUT2D eigenvalue weighted by Crippen LogP contribution is -2.72. The zero-order valence-corrected chi connectivity index (χ0v) is 25.0. The van der Waals surface area contributed by atoms with Crippen LogP contribution in [-0.4, -0.2) is 58.8 Å². The highest BCUT2D eigenvalue weighted by Gasteiger charge is 2.53. The molecule has 0 bridgehead atoms. The predicted octanol–water partition coefficient (Wildman–Crippen LogP) is 5.28. The SMILES string of the molecule is O=C(CC1NC(=O)C2(CCN(CCCCCCc3ccccc3)CC2)N(Cc2ccccc2)C1=O)OCc1ccccc1. The number of nitrogens with zero attached hydrogens (tertiary/aromatic N) is 2. The van der Waals surface area contributed by atoms with E-state index in [0.717, 1.165) is 43.6 Å². The zero-order valence-electron chi connectivity index (χ0n) is 25.0. The van der Waals surface area contributed by atoms with Gasteiger partial charge in [0.1, 0.15) is 18.2 Å². The summed E-state index contributed by atoms with van der Waals surface area (Å²) in [5, 5.41) is 2.92. The van der Waals surface area contributed by atoms with Gasteiger partial charge in [-0.3, -0.25) is 14.4 Å². The number of rotatable bonds is 13. The number of piperazine rings is 1. The third-order valence-corrected chi connectivity index (χ3v) is 8.82. The van der Waals surface area contributed by atoms with Crippen LogP contribution >= 0.6 is 0 Å². The number of carbonyl (C=O) groups is 3. The van der Waals surface area contributed by atoms with E-state index in [9.17, 15) is 14.4 Å². The van der Waals surface area contributed by atoms with E-state index in [0.29, 0.717) is 19.4 Å². The molecule has 0 saturated carbocycles. The highest BCUT2D eigenvalue weighted by Crippen LogP contribution is 2.35. The standard InChI is InChI=1S/C36H43N3O4/c40-33(43-28-31-19-11-5-12-20-31)26-32-34(41)39(27-30-17-9-4-10-18-30)36(35(42)37-32)21-24-38(25-22-36)23-13-2-1-6-14-29-15-7-3-8-16-29/h3-5,7-12,15-20,32H,1-2,6,13-14,21-28H2,(H,37,42). The number of unbranched alkanes of at least 4 members (excludes halogenated alkanes) is 3. The van der Waals surface area contributed by atoms with Crippen molar-refractivity contribution in [2.75, 3.05) is 19.6 Å². The Kier molecular flexibility index (Phi) is 10.6. The van der Waals surface area contributed by atoms with Crippen LogP contribution in [0, 0.1) is 0 Å². The Morgan fingerprint density at radius 2 is 1.35 bits per heavy atom. The Balaban J connectivity index is 1.15. The summed E-state index contributed by atoms with van der Waals surface area (Å²) in [6, 6.07) is 28.9. The summed E-state index contributed by atoms with van der Waals surface area (Å²) in [4.78, 5) is 44.5. The minimum absolute atomic E-state index is 0.134. The number of amides is 2. The van der Waals surface area contributed by atoms with Crippen LogP contribution in [-0.2, 0) is 38.7 Å². The van der Waals surface area contributed by atoms with Crippen molar-refractivity contribution in [1.82, 2.24) is 15.1 Å². The number of hydrogen-bond donors (Lipinski definition) is 1. The predicted molar refractivity (Wildman–Crippen MR) is 167 cm³/mol. The number of carbonyl (C=O) groups excluding carboxylic acids is 3. The van der Waals surface area contributed by atoms with Crippen LogP contribution in [0.2, 0.25) is 0 Å². The molecule has 2 saturated heterocycles. The summed E-state index contributed by atoms with van der Waals surface area (Å²) < 4.78 is 5.44. The summed E-state index contributed by atoms with van der Waals surface area (Å²) in [7, 11) is 0. The van der Waals surface area contributed by atoms with Gasteiger partial charge in [0.25, 0.3) is 0 Å². The fourth-order valence-corrected chi connectivity index (χ4v) is 6.28. The van der Waals surface area contributed by atoms with E-state index in [1.165, 1.54) is 24.8 Å². The number of aryl methyl sites for hydroxylation is 1. The van der Waals surface area contributed by atoms with Gasteiger partial charge in [0.2, 0.25) is 11.8 Å². The molecule has 2 aliphatic heterocycles. The molecule has 2 amide bonds. The second-order valence-electron chi connectivity index (χ2n) is 11.8. The molecule has 2 fully saturated rings. The van der Waals surface area contributed by atoms with Crippen LogP contribution < -0.4 is 5.32 Å². The van der Waals surface area contributed by atoms with Crippen molar-refractivity contribution in [2.24, 2.45) is 0 Å². The molecule has 7 heteroatoms. The van der Waals surface area contributed by atoms with Crippen molar-refractivity contribution in [1.29, 1.82) is 0 Å². The van der Waals surface area contributed by atoms with Gasteiger partial charge in [0.05, 0.1) is 6.42 Å². The van der Waals surface area contributed by atoms with Crippen LogP contribution in [0.1, 0.15) is 61.6 Å². The Morgan fingerprint density at radius 1 is 0.767 bits per heavy atom. The molecule has 1 unspecified atom stereocenters. The van der Waals surface area contributed by atoms with Gasteiger partial charge >= 0.3 is 5.97 Å². The second-order valence-corrected chi connectivity index (χ2v) is 11.8. The number of esters is 1. The maximum atomic E-state index is 13.9. The maximum Gasteiger partial charge on any atom is 0.308 e. The summed E-state index contributed by atoms with van der Waals surface area (Å²) in [5.74, 6) is -0.881. The fraction of sp³-hybridized carbons (Fsp3) is 0.417. The van der Waals surface area contributed by atoms with Crippen molar-refractivity contribution in [3.8, 4) is 0 Å². The number of benzene rings is 3. The molecular formula is C36H43N3O4. The number of ether oxygens (including phenoxy) is 1. The molecule has 0 aliphatic carbocycles. The van der Waals surface area contributed by atoms with E-state index in [4.69, 9.17) is 4.74 Å². The largest absolute Gasteiger partial charge is 0.461 e. The first-order valence-corrected chi connectivity index (χ1v) is 15.7. The first kappa shape index (κ1) is 30.5. The van der Waals surface area contributed by atoms with Crippen LogP contribution in [0.5, 0.6) is 0 Å². The molecule has 3 aromatic carbocycles. The number of likely N-dealkylation sites (tertiary alicyclic amines) is 1. The molecule has 0 radical (unpaired) electrons. The van der Waals surface area contributed by atoms with Crippen LogP contribution in [0.3, 0.4) is 0 Å². The van der Waals surface area contributed by atoms with Crippen molar-refractivity contribution in [2.45, 2.75) is 76.1 Å². The summed E-state index contributed by atoms with van der Waals surface area (Å²) in [6.45, 7) is 3.00. The highest BCUT2D eigenvalue weighted by atomic mass is 16.5. The normalized spacial score (nSPS) is 18.4. The van der Waals surface area contributed by atoms with E-state index in [2.05, 4.69) is 40.5 Å². The topological polar surface area (TPSA) is 79.0 Å². The molecule has 0 aromatic heterocycles. The Morgan fingerprint density at radius 3 is 2.00 bits per heavy atom. The van der Waals surface area contributed by atoms with Gasteiger partial charge in [-0.05, 0) is 55.3 Å². The van der Waals surface area contributed by atoms with Gasteiger partial charge in [-0.2, -0.15) is 0 Å². The van der Waals surface area contributed by atoms with Crippen molar-refractivity contribution in [3.05, 3.63) is 108 Å². The van der Waals surface area contributed by atoms with E-state index < -0.39 is 17.6 Å². The Labute approximate surface area is 255 Å². The summed E-state index contributed by atoms with van der Waals surface area (Å²) in [5.41, 5.74) is 2.33. The van der Waals surface area contributed by atoms with E-state index in [-0.39, 0.29) is 24.8 Å². The Bertz CT molecular complexity index is 1320. The van der Waals surface area contributed by atoms with E-state index >= 15 is 0 Å². The lowest BCUT2D eigenvalue weighted by Gasteiger charge is -2.51. The molecule has 1 spiro atoms. The number of nitrogens with one attached hydrogen (secondary N) is 1. The van der Waals surface area contributed by atoms with E-state index in [1.807, 2.05) is 60.7 Å². The first-order valence-electron chi connectivity index (χ1n) is 15.7. The van der Waals surface area contributed by atoms with E-state index in [1.54, 1.807) is 4.90 Å². The molecule has 43 heavy (non-hydrogen) atoms. The number of hydrogen-bond acceptors (Lipinski definition) is 5. The monoisotopic (exact) mass is 581 g/mol. The molecule has 7 nitrogen and oxygen atoms in total. The maximum absolute atomic E-state index is 13.9. The van der Waals surface area contributed by atoms with Crippen LogP contribution in [0.15, 0.2) is 91.0 Å². The first-order chi connectivity index (χ1) is 21.0. The lowest BCUT2D eigenvalue weighted by molar-refractivity contribution is -0.164. The molecule has 1 atom stereocenters. The fourth-order valence-electron chi connectivity index (χ4n) is 6.28. The van der Waals surface area contributed by atoms with Gasteiger partial charge in [-0.25, -0.2) is 0 Å². The van der Waals surface area contributed by atoms with Gasteiger partial charge in [0.15, 0.2) is 0 Å². The molecular weight excluding hydrogens is 538 g/mol. The van der Waals surface area contributed by atoms with Crippen LogP contribution in [0.4, 0.5) is 0 Å². The van der Waals surface area contributed by atoms with Crippen molar-refractivity contribution < 1.29 is 19.1 Å². The average molecular weight is 582 g/mol. The quantitative estimate of drug-likeness (QED) is 0.219. The summed E-state index contributed by atoms with van der Waals surface area (Å²) in [6.07, 6.45) is 6.83. The minimum atomic E-state index is -0.931.